The van der Waals surface area contributed by atoms with E-state index in [1.54, 1.807) is 6.08 Å². The summed E-state index contributed by atoms with van der Waals surface area (Å²) in [7, 11) is 0. The van der Waals surface area contributed by atoms with Gasteiger partial charge in [-0.2, -0.15) is 9.15 Å². The van der Waals surface area contributed by atoms with Gasteiger partial charge in [0.05, 0.1) is 23.5 Å². The smallest absolute Gasteiger partial charge is 0.0622 e. The summed E-state index contributed by atoms with van der Waals surface area (Å²) in [5.41, 5.74) is 0.825. The topological polar surface area (TPSA) is 23.8 Å². The minimum atomic E-state index is -0.275. The molecule has 0 heterocycles. The molecule has 0 radical (unpaired) electrons. The molecule has 0 spiro atoms. The zero-order valence-corrected chi connectivity index (χ0v) is 9.06. The maximum absolute atomic E-state index is 12.5. The van der Waals surface area contributed by atoms with Crippen LogP contribution in [0.15, 0.2) is 36.5 Å². The molecule has 0 aromatic heterocycles. The van der Waals surface area contributed by atoms with Gasteiger partial charge < -0.3 is 0 Å². The Morgan fingerprint density at radius 3 is 2.86 bits per heavy atom. The van der Waals surface area contributed by atoms with Crippen LogP contribution in [0.25, 0.3) is 0 Å². The molecule has 0 saturated carbocycles. The zero-order chi connectivity index (χ0) is 10.8. The minimum absolute atomic E-state index is 0.268. The fraction of sp³-hybridized carbons (Fsp3) is 0.364. The molecule has 0 aliphatic carbocycles. The highest BCUT2D eigenvalue weighted by Gasteiger charge is 2.12. The number of nitriles is 1. The van der Waals surface area contributed by atoms with E-state index in [2.05, 4.69) is 6.58 Å². The van der Waals surface area contributed by atoms with E-state index in [-0.39, 0.29) is 17.4 Å². The number of rotatable bonds is 6. The Labute approximate surface area is 89.3 Å². The molecule has 0 aliphatic rings. The van der Waals surface area contributed by atoms with Crippen molar-refractivity contribution >= 4 is 12.1 Å². The number of hydrogen-bond donors (Lipinski definition) is 0. The van der Waals surface area contributed by atoms with Crippen LogP contribution >= 0.6 is 12.1 Å². The van der Waals surface area contributed by atoms with Gasteiger partial charge in [0.25, 0.3) is 0 Å². The van der Waals surface area contributed by atoms with Gasteiger partial charge in [-0.3, -0.25) is 0 Å². The molecule has 14 heavy (non-hydrogen) atoms. The van der Waals surface area contributed by atoms with Crippen LogP contribution < -0.4 is 0 Å². The third-order valence-electron chi connectivity index (χ3n) is 1.71. The second-order valence-electron chi connectivity index (χ2n) is 2.67. The van der Waals surface area contributed by atoms with E-state index in [0.29, 0.717) is 12.8 Å². The third kappa shape index (κ3) is 4.88. The maximum atomic E-state index is 12.5. The second kappa shape index (κ2) is 8.58. The molecule has 0 rings (SSSR count). The molecular formula is C11H14FNS. The summed E-state index contributed by atoms with van der Waals surface area (Å²) in [6, 6.07) is 2.01. The largest absolute Gasteiger partial charge is 0.198 e. The van der Waals surface area contributed by atoms with E-state index in [1.807, 2.05) is 31.2 Å². The quantitative estimate of drug-likeness (QED) is 0.621. The molecule has 1 unspecified atom stereocenters. The number of allylic oxidation sites excluding steroid dienone is 4. The molecule has 1 atom stereocenters. The van der Waals surface area contributed by atoms with Crippen LogP contribution in [0.4, 0.5) is 3.89 Å². The lowest BCUT2D eigenvalue weighted by molar-refractivity contribution is 0.830. The fourth-order valence-electron chi connectivity index (χ4n) is 0.972. The Hall–Kier alpha value is -1.01. The predicted molar refractivity (Wildman–Crippen MR) is 60.4 cm³/mol. The molecule has 0 bridgehead atoms. The molecule has 0 fully saturated rings. The zero-order valence-electron chi connectivity index (χ0n) is 8.24. The van der Waals surface area contributed by atoms with Crippen LogP contribution in [0.2, 0.25) is 0 Å². The molecule has 76 valence electrons. The first-order chi connectivity index (χ1) is 6.79. The highest BCUT2D eigenvalue weighted by atomic mass is 32.2. The van der Waals surface area contributed by atoms with Crippen molar-refractivity contribution in [2.75, 3.05) is 0 Å². The standard InChI is InChI=1S/C11H14FNS/c1-3-5-7-10(4-2)11(14-12)8-6-9-13/h3-5,7,11H,2,6,8H2,1H3/b5-3-,10-7+. The van der Waals surface area contributed by atoms with Crippen molar-refractivity contribution in [1.82, 2.24) is 0 Å². The van der Waals surface area contributed by atoms with Crippen LogP contribution in [0.1, 0.15) is 19.8 Å². The van der Waals surface area contributed by atoms with Crippen molar-refractivity contribution < 1.29 is 3.89 Å². The molecule has 0 aromatic rings. The van der Waals surface area contributed by atoms with Crippen molar-refractivity contribution in [2.45, 2.75) is 25.0 Å². The first kappa shape index (κ1) is 13.0. The Kier molecular flexibility index (Phi) is 7.96. The fourth-order valence-corrected chi connectivity index (χ4v) is 1.46. The Morgan fingerprint density at radius 2 is 2.43 bits per heavy atom. The van der Waals surface area contributed by atoms with Gasteiger partial charge >= 0.3 is 0 Å². The Bertz CT molecular complexity index is 263. The van der Waals surface area contributed by atoms with Crippen LogP contribution in [0.3, 0.4) is 0 Å². The highest BCUT2D eigenvalue weighted by molar-refractivity contribution is 7.95. The van der Waals surface area contributed by atoms with Crippen molar-refractivity contribution in [1.29, 1.82) is 5.26 Å². The lowest BCUT2D eigenvalue weighted by Gasteiger charge is -2.10. The van der Waals surface area contributed by atoms with Crippen LogP contribution in [-0.4, -0.2) is 5.25 Å². The Balaban J connectivity index is 4.45. The summed E-state index contributed by atoms with van der Waals surface area (Å²) in [4.78, 5) is 0. The highest BCUT2D eigenvalue weighted by Crippen LogP contribution is 2.25. The third-order valence-corrected chi connectivity index (χ3v) is 2.44. The van der Waals surface area contributed by atoms with Crippen molar-refractivity contribution in [3.05, 3.63) is 36.5 Å². The first-order valence-electron chi connectivity index (χ1n) is 4.39. The SMILES string of the molecule is C=C/C(=C\C=C/C)C(CCC#N)SF. The van der Waals surface area contributed by atoms with E-state index in [1.165, 1.54) is 0 Å². The minimum Gasteiger partial charge on any atom is -0.198 e. The summed E-state index contributed by atoms with van der Waals surface area (Å²) in [6.07, 6.45) is 8.05. The van der Waals surface area contributed by atoms with Crippen LogP contribution in [0, 0.1) is 11.3 Å². The molecular weight excluding hydrogens is 197 g/mol. The van der Waals surface area contributed by atoms with Crippen molar-refractivity contribution in [2.24, 2.45) is 0 Å². The van der Waals surface area contributed by atoms with Gasteiger partial charge in [-0.05, 0) is 18.9 Å². The molecule has 0 N–H and O–H groups in total. The summed E-state index contributed by atoms with van der Waals surface area (Å²) < 4.78 is 12.5. The summed E-state index contributed by atoms with van der Waals surface area (Å²) >= 11 is 0.268. The summed E-state index contributed by atoms with van der Waals surface area (Å²) in [5.74, 6) is 0. The Morgan fingerprint density at radius 1 is 1.71 bits per heavy atom. The van der Waals surface area contributed by atoms with Gasteiger partial charge in [-0.1, -0.05) is 30.9 Å². The molecule has 0 aromatic carbocycles. The summed E-state index contributed by atoms with van der Waals surface area (Å²) in [5, 5.41) is 8.13. The lowest BCUT2D eigenvalue weighted by Crippen LogP contribution is -2.02. The van der Waals surface area contributed by atoms with E-state index < -0.39 is 0 Å². The van der Waals surface area contributed by atoms with Gasteiger partial charge in [0, 0.05) is 6.42 Å². The molecule has 1 nitrogen and oxygen atoms in total. The van der Waals surface area contributed by atoms with Crippen molar-refractivity contribution in [3.8, 4) is 6.07 Å². The van der Waals surface area contributed by atoms with Crippen LogP contribution in [0.5, 0.6) is 0 Å². The molecule has 3 heteroatoms. The van der Waals surface area contributed by atoms with E-state index >= 15 is 0 Å². The van der Waals surface area contributed by atoms with Crippen LogP contribution in [-0.2, 0) is 0 Å². The van der Waals surface area contributed by atoms with Gasteiger partial charge in [-0.15, -0.1) is 0 Å². The maximum Gasteiger partial charge on any atom is 0.0622 e. The lowest BCUT2D eigenvalue weighted by atomic mass is 10.1. The van der Waals surface area contributed by atoms with Crippen molar-refractivity contribution in [3.63, 3.8) is 0 Å². The second-order valence-corrected chi connectivity index (χ2v) is 3.42. The molecule has 0 aliphatic heterocycles. The number of halogens is 1. The van der Waals surface area contributed by atoms with E-state index in [9.17, 15) is 3.89 Å². The monoisotopic (exact) mass is 211 g/mol. The van der Waals surface area contributed by atoms with Gasteiger partial charge in [0.1, 0.15) is 0 Å². The molecule has 0 saturated heterocycles. The molecule has 0 amide bonds. The number of nitrogens with zero attached hydrogens (tertiary/aromatic N) is 1. The average Bonchev–Trinajstić information content (AvgIpc) is 2.23. The van der Waals surface area contributed by atoms with Gasteiger partial charge in [0.2, 0.25) is 0 Å². The normalized spacial score (nSPS) is 13.9. The first-order valence-corrected chi connectivity index (χ1v) is 5.17. The van der Waals surface area contributed by atoms with Gasteiger partial charge in [0.15, 0.2) is 0 Å². The van der Waals surface area contributed by atoms with E-state index in [4.69, 9.17) is 5.26 Å². The number of hydrogen-bond acceptors (Lipinski definition) is 2. The van der Waals surface area contributed by atoms with E-state index in [0.717, 1.165) is 5.57 Å². The average molecular weight is 211 g/mol. The summed E-state index contributed by atoms with van der Waals surface area (Å²) in [6.45, 7) is 5.52. The van der Waals surface area contributed by atoms with Gasteiger partial charge in [-0.25, -0.2) is 0 Å². The predicted octanol–water partition coefficient (Wildman–Crippen LogP) is 3.96.